The highest BCUT2D eigenvalue weighted by atomic mass is 16.2. The van der Waals surface area contributed by atoms with Gasteiger partial charge in [-0.3, -0.25) is 9.59 Å². The van der Waals surface area contributed by atoms with Crippen LogP contribution in [0.1, 0.15) is 0 Å². The van der Waals surface area contributed by atoms with Crippen LogP contribution in [0, 0.1) is 0 Å². The summed E-state index contributed by atoms with van der Waals surface area (Å²) in [6.07, 6.45) is 3.73. The molecule has 0 aromatic carbocycles. The molecule has 1 aromatic heterocycles. The Bertz CT molecular complexity index is 369. The van der Waals surface area contributed by atoms with E-state index >= 15 is 0 Å². The molecular formula is C7H4N4O2. The molecule has 2 rings (SSSR count). The molecule has 0 bridgehead atoms. The average molecular weight is 176 g/mol. The molecule has 2 heterocycles. The summed E-state index contributed by atoms with van der Waals surface area (Å²) in [6, 6.07) is 1.44. The van der Waals surface area contributed by atoms with Gasteiger partial charge in [0.15, 0.2) is 5.82 Å². The second-order valence-corrected chi connectivity index (χ2v) is 2.32. The number of rotatable bonds is 1. The third-order valence-corrected chi connectivity index (χ3v) is 1.53. The first kappa shape index (κ1) is 7.53. The predicted octanol–water partition coefficient (Wildman–Crippen LogP) is -0.699. The molecule has 1 aliphatic heterocycles. The van der Waals surface area contributed by atoms with Gasteiger partial charge in [-0.05, 0) is 5.21 Å². The van der Waals surface area contributed by atoms with E-state index in [9.17, 15) is 9.59 Å². The van der Waals surface area contributed by atoms with Crippen molar-refractivity contribution in [2.75, 3.05) is 4.90 Å². The Labute approximate surface area is 72.9 Å². The fraction of sp³-hybridized carbons (Fsp3) is 0. The van der Waals surface area contributed by atoms with Crippen LogP contribution in [0.25, 0.3) is 0 Å². The molecule has 0 saturated heterocycles. The lowest BCUT2D eigenvalue weighted by molar-refractivity contribution is -0.120. The largest absolute Gasteiger partial charge is 0.269 e. The lowest BCUT2D eigenvalue weighted by Crippen LogP contribution is -2.30. The Morgan fingerprint density at radius 3 is 2.38 bits per heavy atom. The van der Waals surface area contributed by atoms with Crippen LogP contribution in [0.3, 0.4) is 0 Å². The van der Waals surface area contributed by atoms with Gasteiger partial charge < -0.3 is 0 Å². The maximum absolute atomic E-state index is 11.1. The molecule has 0 atom stereocenters. The summed E-state index contributed by atoms with van der Waals surface area (Å²) in [5.74, 6) is -0.633. The third-order valence-electron chi connectivity index (χ3n) is 1.53. The van der Waals surface area contributed by atoms with Crippen LogP contribution in [-0.4, -0.2) is 27.2 Å². The van der Waals surface area contributed by atoms with Crippen LogP contribution in [0.2, 0.25) is 0 Å². The van der Waals surface area contributed by atoms with Crippen molar-refractivity contribution in [3.8, 4) is 0 Å². The maximum Gasteiger partial charge on any atom is 0.259 e. The highest BCUT2D eigenvalue weighted by molar-refractivity contribution is 6.27. The first-order chi connectivity index (χ1) is 6.29. The van der Waals surface area contributed by atoms with E-state index in [0.717, 1.165) is 4.90 Å². The summed E-state index contributed by atoms with van der Waals surface area (Å²) in [7, 11) is 0. The van der Waals surface area contributed by atoms with Crippen molar-refractivity contribution in [2.45, 2.75) is 0 Å². The van der Waals surface area contributed by atoms with Gasteiger partial charge in [-0.2, -0.15) is 0 Å². The Balaban J connectivity index is 2.38. The normalized spacial score (nSPS) is 15.5. The number of nitrogens with zero attached hydrogens (tertiary/aromatic N) is 4. The zero-order valence-electron chi connectivity index (χ0n) is 6.41. The molecule has 1 aromatic rings. The molecule has 0 spiro atoms. The molecule has 0 unspecified atom stereocenters. The number of imide groups is 1. The molecule has 0 saturated carbocycles. The van der Waals surface area contributed by atoms with E-state index in [4.69, 9.17) is 0 Å². The lowest BCUT2D eigenvalue weighted by Gasteiger charge is -2.09. The highest BCUT2D eigenvalue weighted by Gasteiger charge is 2.26. The van der Waals surface area contributed by atoms with Crippen molar-refractivity contribution in [3.05, 3.63) is 24.4 Å². The topological polar surface area (TPSA) is 76.1 Å². The summed E-state index contributed by atoms with van der Waals surface area (Å²) in [4.78, 5) is 23.2. The predicted molar refractivity (Wildman–Crippen MR) is 41.5 cm³/mol. The van der Waals surface area contributed by atoms with Gasteiger partial charge in [0.2, 0.25) is 0 Å². The number of hydrogen-bond donors (Lipinski definition) is 0. The van der Waals surface area contributed by atoms with Gasteiger partial charge in [0.05, 0.1) is 6.20 Å². The van der Waals surface area contributed by atoms with Gasteiger partial charge in [0, 0.05) is 18.2 Å². The zero-order valence-corrected chi connectivity index (χ0v) is 6.41. The van der Waals surface area contributed by atoms with Gasteiger partial charge in [-0.1, -0.05) is 0 Å². The fourth-order valence-corrected chi connectivity index (χ4v) is 0.980. The van der Waals surface area contributed by atoms with Crippen LogP contribution in [0.5, 0.6) is 0 Å². The first-order valence-electron chi connectivity index (χ1n) is 3.49. The average Bonchev–Trinajstić information content (AvgIpc) is 2.48. The van der Waals surface area contributed by atoms with E-state index in [1.807, 2.05) is 0 Å². The van der Waals surface area contributed by atoms with Crippen LogP contribution in [0.4, 0.5) is 5.82 Å². The van der Waals surface area contributed by atoms with Crippen molar-refractivity contribution < 1.29 is 9.59 Å². The minimum atomic E-state index is -0.412. The summed E-state index contributed by atoms with van der Waals surface area (Å²) in [6.45, 7) is 0. The quantitative estimate of drug-likeness (QED) is 0.529. The van der Waals surface area contributed by atoms with Crippen molar-refractivity contribution in [1.82, 2.24) is 15.4 Å². The van der Waals surface area contributed by atoms with Crippen molar-refractivity contribution >= 4 is 17.6 Å². The van der Waals surface area contributed by atoms with Crippen LogP contribution in [0.15, 0.2) is 24.4 Å². The molecular weight excluding hydrogens is 172 g/mol. The van der Waals surface area contributed by atoms with Crippen molar-refractivity contribution in [2.24, 2.45) is 0 Å². The van der Waals surface area contributed by atoms with Gasteiger partial charge in [-0.25, -0.2) is 4.90 Å². The third kappa shape index (κ3) is 1.18. The van der Waals surface area contributed by atoms with Crippen molar-refractivity contribution in [1.29, 1.82) is 0 Å². The van der Waals surface area contributed by atoms with E-state index in [0.29, 0.717) is 0 Å². The standard InChI is InChI=1S/C7H4N4O2/c12-6-1-2-7(13)11(6)5-3-4-8-10-9-5/h1-4H. The SMILES string of the molecule is O=C1C=CC(=O)N1c1ccnnn1. The monoisotopic (exact) mass is 176 g/mol. The summed E-state index contributed by atoms with van der Waals surface area (Å²) in [5, 5.41) is 10.3. The number of anilines is 1. The van der Waals surface area contributed by atoms with Gasteiger partial charge >= 0.3 is 0 Å². The van der Waals surface area contributed by atoms with Gasteiger partial charge in [-0.15, -0.1) is 10.2 Å². The molecule has 0 radical (unpaired) electrons. The van der Waals surface area contributed by atoms with Crippen molar-refractivity contribution in [3.63, 3.8) is 0 Å². The van der Waals surface area contributed by atoms with E-state index in [-0.39, 0.29) is 5.82 Å². The van der Waals surface area contributed by atoms with E-state index in [1.165, 1.54) is 24.4 Å². The fourth-order valence-electron chi connectivity index (χ4n) is 0.980. The molecule has 0 fully saturated rings. The van der Waals surface area contributed by atoms with Crippen LogP contribution >= 0.6 is 0 Å². The first-order valence-corrected chi connectivity index (χ1v) is 3.49. The second-order valence-electron chi connectivity index (χ2n) is 2.32. The highest BCUT2D eigenvalue weighted by Crippen LogP contribution is 2.13. The van der Waals surface area contributed by atoms with Crippen LogP contribution < -0.4 is 4.90 Å². The maximum atomic E-state index is 11.1. The second kappa shape index (κ2) is 2.74. The number of amides is 2. The number of carbonyl (C=O) groups excluding carboxylic acids is 2. The zero-order chi connectivity index (χ0) is 9.26. The number of hydrogen-bond acceptors (Lipinski definition) is 5. The smallest absolute Gasteiger partial charge is 0.259 e. The molecule has 2 amide bonds. The Morgan fingerprint density at radius 2 is 1.85 bits per heavy atom. The van der Waals surface area contributed by atoms with Gasteiger partial charge in [0.1, 0.15) is 0 Å². The summed E-state index contributed by atoms with van der Waals surface area (Å²) < 4.78 is 0. The molecule has 6 nitrogen and oxygen atoms in total. The Hall–Kier alpha value is -2.11. The number of aromatic nitrogens is 3. The number of carbonyl (C=O) groups is 2. The minimum absolute atomic E-state index is 0.190. The summed E-state index contributed by atoms with van der Waals surface area (Å²) in [5.41, 5.74) is 0. The van der Waals surface area contributed by atoms with E-state index in [1.54, 1.807) is 0 Å². The molecule has 0 aliphatic carbocycles. The molecule has 6 heteroatoms. The van der Waals surface area contributed by atoms with E-state index in [2.05, 4.69) is 15.4 Å². The molecule has 0 N–H and O–H groups in total. The Morgan fingerprint density at radius 1 is 1.15 bits per heavy atom. The molecule has 13 heavy (non-hydrogen) atoms. The minimum Gasteiger partial charge on any atom is -0.269 e. The van der Waals surface area contributed by atoms with Crippen LogP contribution in [-0.2, 0) is 9.59 Å². The molecule has 64 valence electrons. The lowest BCUT2D eigenvalue weighted by atomic mass is 10.5. The van der Waals surface area contributed by atoms with Gasteiger partial charge in [0.25, 0.3) is 11.8 Å². The Kier molecular flexibility index (Phi) is 1.59. The van der Waals surface area contributed by atoms with E-state index < -0.39 is 11.8 Å². The summed E-state index contributed by atoms with van der Waals surface area (Å²) >= 11 is 0. The molecule has 1 aliphatic rings.